The molecule has 0 heterocycles. The minimum atomic E-state index is -0.341. The molecule has 1 aromatic carbocycles. The molecule has 0 aliphatic heterocycles. The van der Waals surface area contributed by atoms with Gasteiger partial charge in [0.2, 0.25) is 5.91 Å². The summed E-state index contributed by atoms with van der Waals surface area (Å²) >= 11 is 0. The second-order valence-electron chi connectivity index (χ2n) is 5.37. The van der Waals surface area contributed by atoms with E-state index in [9.17, 15) is 9.59 Å². The van der Waals surface area contributed by atoms with E-state index in [1.807, 2.05) is 26.8 Å². The molecule has 0 atom stereocenters. The SMILES string of the molecule is CNC(=O)CNC(=O)c1cccc(C(C)(C)C)c1N. The van der Waals surface area contributed by atoms with Crippen molar-refractivity contribution >= 4 is 17.5 Å². The maximum Gasteiger partial charge on any atom is 0.253 e. The highest BCUT2D eigenvalue weighted by Gasteiger charge is 2.20. The molecule has 0 aromatic heterocycles. The maximum atomic E-state index is 12.0. The van der Waals surface area contributed by atoms with Gasteiger partial charge in [-0.25, -0.2) is 0 Å². The molecule has 0 saturated heterocycles. The van der Waals surface area contributed by atoms with Crippen molar-refractivity contribution in [1.82, 2.24) is 10.6 Å². The molecule has 0 unspecified atom stereocenters. The molecule has 2 amide bonds. The molecule has 0 aliphatic carbocycles. The number of hydrogen-bond donors (Lipinski definition) is 3. The van der Waals surface area contributed by atoms with Crippen molar-refractivity contribution in [2.24, 2.45) is 0 Å². The average molecular weight is 263 g/mol. The number of rotatable bonds is 3. The first kappa shape index (κ1) is 15.0. The van der Waals surface area contributed by atoms with Crippen molar-refractivity contribution in [3.63, 3.8) is 0 Å². The first-order valence-electron chi connectivity index (χ1n) is 6.15. The van der Waals surface area contributed by atoms with Crippen LogP contribution in [0.5, 0.6) is 0 Å². The fourth-order valence-corrected chi connectivity index (χ4v) is 1.76. The van der Waals surface area contributed by atoms with Crippen molar-refractivity contribution in [3.05, 3.63) is 29.3 Å². The number of amides is 2. The molecule has 19 heavy (non-hydrogen) atoms. The van der Waals surface area contributed by atoms with Crippen LogP contribution in [0.2, 0.25) is 0 Å². The minimum absolute atomic E-state index is 0.0610. The van der Waals surface area contributed by atoms with E-state index >= 15 is 0 Å². The molecule has 5 heteroatoms. The number of anilines is 1. The third-order valence-electron chi connectivity index (χ3n) is 2.85. The quantitative estimate of drug-likeness (QED) is 0.712. The Hall–Kier alpha value is -2.04. The number of benzene rings is 1. The van der Waals surface area contributed by atoms with E-state index in [1.54, 1.807) is 12.1 Å². The molecule has 0 bridgehead atoms. The molecule has 1 rings (SSSR count). The van der Waals surface area contributed by atoms with Crippen LogP contribution in [0.25, 0.3) is 0 Å². The van der Waals surface area contributed by atoms with Crippen molar-refractivity contribution in [1.29, 1.82) is 0 Å². The Bertz CT molecular complexity index is 490. The van der Waals surface area contributed by atoms with Gasteiger partial charge in [-0.1, -0.05) is 32.9 Å². The van der Waals surface area contributed by atoms with E-state index in [4.69, 9.17) is 5.73 Å². The molecule has 0 aliphatic rings. The lowest BCUT2D eigenvalue weighted by atomic mass is 9.84. The van der Waals surface area contributed by atoms with Gasteiger partial charge in [-0.05, 0) is 17.0 Å². The number of nitrogens with one attached hydrogen (secondary N) is 2. The number of carbonyl (C=O) groups is 2. The van der Waals surface area contributed by atoms with Gasteiger partial charge in [0, 0.05) is 12.7 Å². The van der Waals surface area contributed by atoms with Crippen molar-refractivity contribution in [3.8, 4) is 0 Å². The second-order valence-corrected chi connectivity index (χ2v) is 5.37. The van der Waals surface area contributed by atoms with Crippen molar-refractivity contribution < 1.29 is 9.59 Å². The summed E-state index contributed by atoms with van der Waals surface area (Å²) in [5.41, 5.74) is 7.69. The minimum Gasteiger partial charge on any atom is -0.398 e. The van der Waals surface area contributed by atoms with E-state index in [-0.39, 0.29) is 23.8 Å². The summed E-state index contributed by atoms with van der Waals surface area (Å²) in [7, 11) is 1.52. The lowest BCUT2D eigenvalue weighted by Gasteiger charge is -2.22. The maximum absolute atomic E-state index is 12.0. The summed E-state index contributed by atoms with van der Waals surface area (Å²) < 4.78 is 0. The van der Waals surface area contributed by atoms with Gasteiger partial charge in [0.1, 0.15) is 0 Å². The molecular formula is C14H21N3O2. The Morgan fingerprint density at radius 2 is 1.89 bits per heavy atom. The summed E-state index contributed by atoms with van der Waals surface area (Å²) in [6, 6.07) is 5.36. The Balaban J connectivity index is 2.96. The zero-order valence-corrected chi connectivity index (χ0v) is 11.8. The monoisotopic (exact) mass is 263 g/mol. The molecule has 104 valence electrons. The van der Waals surface area contributed by atoms with Crippen molar-refractivity contribution in [2.75, 3.05) is 19.3 Å². The predicted octanol–water partition coefficient (Wildman–Crippen LogP) is 1.04. The van der Waals surface area contributed by atoms with E-state index in [0.29, 0.717) is 11.3 Å². The Labute approximate surface area is 113 Å². The van der Waals surface area contributed by atoms with Crippen LogP contribution in [0.15, 0.2) is 18.2 Å². The first-order valence-corrected chi connectivity index (χ1v) is 6.15. The van der Waals surface area contributed by atoms with E-state index in [0.717, 1.165) is 5.56 Å². The number of para-hydroxylation sites is 1. The molecule has 5 nitrogen and oxygen atoms in total. The van der Waals surface area contributed by atoms with Crippen molar-refractivity contribution in [2.45, 2.75) is 26.2 Å². The van der Waals surface area contributed by atoms with Crippen LogP contribution in [-0.2, 0) is 10.2 Å². The Kier molecular flexibility index (Phi) is 4.53. The molecule has 0 saturated carbocycles. The van der Waals surface area contributed by atoms with Crippen LogP contribution in [0, 0.1) is 0 Å². The number of hydrogen-bond acceptors (Lipinski definition) is 3. The van der Waals surface area contributed by atoms with Gasteiger partial charge in [0.15, 0.2) is 0 Å². The number of carbonyl (C=O) groups excluding carboxylic acids is 2. The number of likely N-dealkylation sites (N-methyl/N-ethyl adjacent to an activating group) is 1. The largest absolute Gasteiger partial charge is 0.398 e. The van der Waals surface area contributed by atoms with Gasteiger partial charge in [0.25, 0.3) is 5.91 Å². The highest BCUT2D eigenvalue weighted by atomic mass is 16.2. The number of nitrogen functional groups attached to an aromatic ring is 1. The standard InChI is InChI=1S/C14H21N3O2/c1-14(2,3)10-7-5-6-9(12(10)15)13(19)17-8-11(18)16-4/h5-7H,8,15H2,1-4H3,(H,16,18)(H,17,19). The van der Waals surface area contributed by atoms with E-state index in [1.165, 1.54) is 7.05 Å². The van der Waals surface area contributed by atoms with Crippen LogP contribution in [0.3, 0.4) is 0 Å². The van der Waals surface area contributed by atoms with E-state index < -0.39 is 0 Å². The number of nitrogens with two attached hydrogens (primary N) is 1. The molecule has 0 spiro atoms. The molecular weight excluding hydrogens is 242 g/mol. The molecule has 4 N–H and O–H groups in total. The molecule has 0 fully saturated rings. The summed E-state index contributed by atoms with van der Waals surface area (Å²) in [5.74, 6) is -0.592. The fourth-order valence-electron chi connectivity index (χ4n) is 1.76. The van der Waals surface area contributed by atoms with Crippen LogP contribution in [-0.4, -0.2) is 25.4 Å². The molecule has 1 aromatic rings. The van der Waals surface area contributed by atoms with Gasteiger partial charge in [-0.15, -0.1) is 0 Å². The van der Waals surface area contributed by atoms with Crippen LogP contribution >= 0.6 is 0 Å². The zero-order valence-electron chi connectivity index (χ0n) is 11.8. The third kappa shape index (κ3) is 3.71. The van der Waals surface area contributed by atoms with Crippen LogP contribution in [0.4, 0.5) is 5.69 Å². The lowest BCUT2D eigenvalue weighted by molar-refractivity contribution is -0.119. The summed E-state index contributed by atoms with van der Waals surface area (Å²) in [6.07, 6.45) is 0. The topological polar surface area (TPSA) is 84.2 Å². The van der Waals surface area contributed by atoms with Gasteiger partial charge >= 0.3 is 0 Å². The highest BCUT2D eigenvalue weighted by molar-refractivity contribution is 6.01. The zero-order chi connectivity index (χ0) is 14.6. The Morgan fingerprint density at radius 3 is 2.42 bits per heavy atom. The average Bonchev–Trinajstić information content (AvgIpc) is 2.34. The Morgan fingerprint density at radius 1 is 1.26 bits per heavy atom. The van der Waals surface area contributed by atoms with E-state index in [2.05, 4.69) is 10.6 Å². The predicted molar refractivity (Wildman–Crippen MR) is 76.0 cm³/mol. The highest BCUT2D eigenvalue weighted by Crippen LogP contribution is 2.29. The summed E-state index contributed by atoms with van der Waals surface area (Å²) in [5, 5.41) is 4.98. The van der Waals surface area contributed by atoms with Gasteiger partial charge < -0.3 is 16.4 Å². The second kappa shape index (κ2) is 5.73. The van der Waals surface area contributed by atoms with Gasteiger partial charge in [-0.3, -0.25) is 9.59 Å². The lowest BCUT2D eigenvalue weighted by Crippen LogP contribution is -2.35. The summed E-state index contributed by atoms with van der Waals surface area (Å²) in [4.78, 5) is 23.1. The fraction of sp³-hybridized carbons (Fsp3) is 0.429. The van der Waals surface area contributed by atoms with Crippen LogP contribution in [0.1, 0.15) is 36.7 Å². The van der Waals surface area contributed by atoms with Gasteiger partial charge in [-0.2, -0.15) is 0 Å². The normalized spacial score (nSPS) is 10.9. The van der Waals surface area contributed by atoms with Crippen LogP contribution < -0.4 is 16.4 Å². The smallest absolute Gasteiger partial charge is 0.253 e. The van der Waals surface area contributed by atoms with Gasteiger partial charge in [0.05, 0.1) is 12.1 Å². The third-order valence-corrected chi connectivity index (χ3v) is 2.85. The molecule has 0 radical (unpaired) electrons. The summed E-state index contributed by atoms with van der Waals surface area (Å²) in [6.45, 7) is 6.04. The first-order chi connectivity index (χ1) is 8.77.